The number of hydrogen-bond donors (Lipinski definition) is 0. The Morgan fingerprint density at radius 2 is 1.70 bits per heavy atom. The van der Waals surface area contributed by atoms with Gasteiger partial charge >= 0.3 is 0 Å². The van der Waals surface area contributed by atoms with Gasteiger partial charge in [-0.15, -0.1) is 10.2 Å². The lowest BCUT2D eigenvalue weighted by Gasteiger charge is -2.30. The molecule has 0 radical (unpaired) electrons. The predicted molar refractivity (Wildman–Crippen MR) is 105 cm³/mol. The Balaban J connectivity index is 1.33. The average molecular weight is 362 g/mol. The smallest absolute Gasteiger partial charge is 0.247 e. The van der Waals surface area contributed by atoms with Crippen molar-refractivity contribution < 1.29 is 4.42 Å². The van der Waals surface area contributed by atoms with E-state index in [4.69, 9.17) is 4.42 Å². The molecule has 1 saturated heterocycles. The number of aromatic nitrogens is 3. The third-order valence-electron chi connectivity index (χ3n) is 5.36. The number of hydrogen-bond acceptors (Lipinski definition) is 5. The van der Waals surface area contributed by atoms with Gasteiger partial charge < -0.3 is 4.42 Å². The second-order valence-corrected chi connectivity index (χ2v) is 7.63. The van der Waals surface area contributed by atoms with E-state index in [1.165, 1.54) is 11.1 Å². The van der Waals surface area contributed by atoms with Gasteiger partial charge in [0.15, 0.2) is 0 Å². The Bertz CT molecular complexity index is 850. The van der Waals surface area contributed by atoms with Gasteiger partial charge in [0, 0.05) is 30.4 Å². The maximum atomic E-state index is 5.93. The summed E-state index contributed by atoms with van der Waals surface area (Å²) in [6.45, 7) is 7.60. The lowest BCUT2D eigenvalue weighted by molar-refractivity contribution is 0.193. The Morgan fingerprint density at radius 1 is 1.00 bits per heavy atom. The highest BCUT2D eigenvalue weighted by Gasteiger charge is 2.25. The first-order valence-electron chi connectivity index (χ1n) is 9.74. The minimum atomic E-state index is 0.354. The summed E-state index contributed by atoms with van der Waals surface area (Å²) in [4.78, 5) is 6.54. The van der Waals surface area contributed by atoms with Crippen molar-refractivity contribution in [3.05, 3.63) is 65.8 Å². The third kappa shape index (κ3) is 4.25. The van der Waals surface area contributed by atoms with Crippen LogP contribution in [0.4, 0.5) is 0 Å². The molecule has 0 unspecified atom stereocenters. The van der Waals surface area contributed by atoms with Crippen molar-refractivity contribution in [3.8, 4) is 11.5 Å². The minimum Gasteiger partial charge on any atom is -0.420 e. The summed E-state index contributed by atoms with van der Waals surface area (Å²) in [5.74, 6) is 2.29. The molecule has 0 amide bonds. The van der Waals surface area contributed by atoms with E-state index in [0.29, 0.717) is 17.7 Å². The van der Waals surface area contributed by atoms with Gasteiger partial charge in [-0.3, -0.25) is 9.88 Å². The van der Waals surface area contributed by atoms with Crippen molar-refractivity contribution >= 4 is 0 Å². The standard InChI is InChI=1S/C22H26N4O/c1-16(2)18-5-3-17(4-6-18)15-26-13-9-20(10-14-26)22-25-24-21(27-22)19-7-11-23-12-8-19/h3-8,11-12,16,20H,9-10,13-15H2,1-2H3. The van der Waals surface area contributed by atoms with Crippen molar-refractivity contribution in [1.82, 2.24) is 20.1 Å². The van der Waals surface area contributed by atoms with Crippen LogP contribution in [0.2, 0.25) is 0 Å². The molecule has 1 fully saturated rings. The number of benzene rings is 1. The summed E-state index contributed by atoms with van der Waals surface area (Å²) in [5.41, 5.74) is 3.71. The summed E-state index contributed by atoms with van der Waals surface area (Å²) in [6, 6.07) is 12.8. The lowest BCUT2D eigenvalue weighted by atomic mass is 9.96. The largest absolute Gasteiger partial charge is 0.420 e. The van der Waals surface area contributed by atoms with E-state index in [0.717, 1.165) is 43.9 Å². The summed E-state index contributed by atoms with van der Waals surface area (Å²) in [5, 5.41) is 8.51. The molecule has 0 saturated carbocycles. The predicted octanol–water partition coefficient (Wildman–Crippen LogP) is 4.63. The van der Waals surface area contributed by atoms with Gasteiger partial charge in [0.1, 0.15) is 0 Å². The number of nitrogens with zero attached hydrogens (tertiary/aromatic N) is 4. The molecule has 0 N–H and O–H groups in total. The van der Waals surface area contributed by atoms with Gasteiger partial charge in [0.2, 0.25) is 11.8 Å². The van der Waals surface area contributed by atoms with E-state index >= 15 is 0 Å². The Hall–Kier alpha value is -2.53. The van der Waals surface area contributed by atoms with Crippen LogP contribution in [0.3, 0.4) is 0 Å². The molecular weight excluding hydrogens is 336 g/mol. The first-order chi connectivity index (χ1) is 13.2. The van der Waals surface area contributed by atoms with Crippen molar-refractivity contribution in [2.24, 2.45) is 0 Å². The molecule has 3 aromatic rings. The van der Waals surface area contributed by atoms with E-state index in [9.17, 15) is 0 Å². The molecule has 140 valence electrons. The van der Waals surface area contributed by atoms with Gasteiger partial charge in [0.25, 0.3) is 0 Å². The van der Waals surface area contributed by atoms with E-state index < -0.39 is 0 Å². The van der Waals surface area contributed by atoms with Gasteiger partial charge in [-0.05, 0) is 55.1 Å². The fourth-order valence-electron chi connectivity index (χ4n) is 3.61. The Labute approximate surface area is 160 Å². The van der Waals surface area contributed by atoms with Crippen molar-refractivity contribution in [2.75, 3.05) is 13.1 Å². The molecule has 1 aliphatic rings. The maximum absolute atomic E-state index is 5.93. The third-order valence-corrected chi connectivity index (χ3v) is 5.36. The first-order valence-corrected chi connectivity index (χ1v) is 9.74. The minimum absolute atomic E-state index is 0.354. The van der Waals surface area contributed by atoms with E-state index in [1.807, 2.05) is 12.1 Å². The van der Waals surface area contributed by atoms with Crippen molar-refractivity contribution in [2.45, 2.75) is 45.1 Å². The Morgan fingerprint density at radius 3 is 2.37 bits per heavy atom. The molecule has 5 heteroatoms. The molecule has 5 nitrogen and oxygen atoms in total. The van der Waals surface area contributed by atoms with Gasteiger partial charge in [0.05, 0.1) is 0 Å². The molecule has 1 aromatic carbocycles. The number of likely N-dealkylation sites (tertiary alicyclic amines) is 1. The second kappa shape index (κ2) is 8.01. The normalized spacial score (nSPS) is 16.1. The average Bonchev–Trinajstić information content (AvgIpc) is 3.20. The summed E-state index contributed by atoms with van der Waals surface area (Å²) in [7, 11) is 0. The fraction of sp³-hybridized carbons (Fsp3) is 0.409. The Kier molecular flexibility index (Phi) is 5.30. The summed E-state index contributed by atoms with van der Waals surface area (Å²) >= 11 is 0. The van der Waals surface area contributed by atoms with Crippen LogP contribution in [0, 0.1) is 0 Å². The fourth-order valence-corrected chi connectivity index (χ4v) is 3.61. The van der Waals surface area contributed by atoms with Crippen LogP contribution < -0.4 is 0 Å². The molecule has 4 rings (SSSR count). The quantitative estimate of drug-likeness (QED) is 0.662. The molecular formula is C22H26N4O. The van der Waals surface area contributed by atoms with Gasteiger partial charge in [-0.1, -0.05) is 38.1 Å². The molecule has 0 spiro atoms. The van der Waals surface area contributed by atoms with Crippen LogP contribution in [-0.2, 0) is 6.54 Å². The molecule has 1 aliphatic heterocycles. The molecule has 3 heterocycles. The highest BCUT2D eigenvalue weighted by atomic mass is 16.4. The molecule has 0 bridgehead atoms. The zero-order valence-electron chi connectivity index (χ0n) is 16.0. The summed E-state index contributed by atoms with van der Waals surface area (Å²) < 4.78 is 5.93. The molecule has 0 atom stereocenters. The number of pyridine rings is 1. The van der Waals surface area contributed by atoms with Crippen LogP contribution in [0.15, 0.2) is 53.2 Å². The zero-order chi connectivity index (χ0) is 18.6. The van der Waals surface area contributed by atoms with E-state index in [-0.39, 0.29) is 0 Å². The second-order valence-electron chi connectivity index (χ2n) is 7.63. The van der Waals surface area contributed by atoms with Gasteiger partial charge in [-0.2, -0.15) is 0 Å². The van der Waals surface area contributed by atoms with Crippen LogP contribution in [0.25, 0.3) is 11.5 Å². The topological polar surface area (TPSA) is 55.1 Å². The molecule has 0 aliphatic carbocycles. The SMILES string of the molecule is CC(C)c1ccc(CN2CCC(c3nnc(-c4ccncc4)o3)CC2)cc1. The monoisotopic (exact) mass is 362 g/mol. The zero-order valence-corrected chi connectivity index (χ0v) is 16.0. The van der Waals surface area contributed by atoms with Crippen molar-refractivity contribution in [1.29, 1.82) is 0 Å². The van der Waals surface area contributed by atoms with E-state index in [2.05, 4.69) is 58.2 Å². The van der Waals surface area contributed by atoms with Crippen LogP contribution in [0.5, 0.6) is 0 Å². The highest BCUT2D eigenvalue weighted by Crippen LogP contribution is 2.29. The van der Waals surface area contributed by atoms with Crippen LogP contribution >= 0.6 is 0 Å². The van der Waals surface area contributed by atoms with Crippen LogP contribution in [0.1, 0.15) is 55.5 Å². The van der Waals surface area contributed by atoms with Crippen LogP contribution in [-0.4, -0.2) is 33.2 Å². The van der Waals surface area contributed by atoms with Crippen molar-refractivity contribution in [3.63, 3.8) is 0 Å². The molecule has 2 aromatic heterocycles. The van der Waals surface area contributed by atoms with E-state index in [1.54, 1.807) is 12.4 Å². The van der Waals surface area contributed by atoms with Gasteiger partial charge in [-0.25, -0.2) is 0 Å². The lowest BCUT2D eigenvalue weighted by Crippen LogP contribution is -2.32. The molecule has 27 heavy (non-hydrogen) atoms. The summed E-state index contributed by atoms with van der Waals surface area (Å²) in [6.07, 6.45) is 5.60. The first kappa shape index (κ1) is 17.9. The number of piperidine rings is 1. The maximum Gasteiger partial charge on any atom is 0.247 e. The number of rotatable bonds is 5. The highest BCUT2D eigenvalue weighted by molar-refractivity contribution is 5.50.